The zero-order valence-electron chi connectivity index (χ0n) is 18.8. The summed E-state index contributed by atoms with van der Waals surface area (Å²) in [5.41, 5.74) is 3.54. The first-order valence-electron chi connectivity index (χ1n) is 11.2. The van der Waals surface area contributed by atoms with Crippen LogP contribution in [-0.4, -0.2) is 35.5 Å². The number of anilines is 1. The van der Waals surface area contributed by atoms with Gasteiger partial charge in [0, 0.05) is 31.6 Å². The van der Waals surface area contributed by atoms with Crippen LogP contribution in [0.15, 0.2) is 60.9 Å². The molecule has 6 heteroatoms. The van der Waals surface area contributed by atoms with Gasteiger partial charge < -0.3 is 15.0 Å². The molecular weight excluding hydrogens is 400 g/mol. The zero-order valence-corrected chi connectivity index (χ0v) is 18.8. The van der Waals surface area contributed by atoms with Gasteiger partial charge in [-0.05, 0) is 61.9 Å². The maximum Gasteiger partial charge on any atom is 0.224 e. The van der Waals surface area contributed by atoms with Crippen molar-refractivity contribution in [3.05, 3.63) is 77.6 Å². The van der Waals surface area contributed by atoms with E-state index in [9.17, 15) is 4.79 Å². The highest BCUT2D eigenvalue weighted by Gasteiger charge is 2.25. The van der Waals surface area contributed by atoms with Crippen LogP contribution in [0.1, 0.15) is 29.5 Å². The first kappa shape index (κ1) is 21.8. The minimum Gasteiger partial charge on any atom is -0.439 e. The molecule has 0 spiro atoms. The monoisotopic (exact) mass is 430 g/mol. The molecule has 6 nitrogen and oxygen atoms in total. The number of hydrogen-bond donors (Lipinski definition) is 1. The number of carbonyl (C=O) groups excluding carboxylic acids is 1. The van der Waals surface area contributed by atoms with Crippen molar-refractivity contribution >= 4 is 11.7 Å². The number of hydrogen-bond acceptors (Lipinski definition) is 5. The van der Waals surface area contributed by atoms with Crippen LogP contribution in [0.5, 0.6) is 11.6 Å². The third-order valence-corrected chi connectivity index (χ3v) is 5.79. The fourth-order valence-electron chi connectivity index (χ4n) is 4.16. The number of benzene rings is 2. The fourth-order valence-corrected chi connectivity index (χ4v) is 4.16. The summed E-state index contributed by atoms with van der Waals surface area (Å²) >= 11 is 0. The summed E-state index contributed by atoms with van der Waals surface area (Å²) in [7, 11) is 0. The second kappa shape index (κ2) is 10.3. The van der Waals surface area contributed by atoms with Gasteiger partial charge in [-0.1, -0.05) is 36.4 Å². The van der Waals surface area contributed by atoms with E-state index in [-0.39, 0.29) is 11.8 Å². The van der Waals surface area contributed by atoms with Crippen LogP contribution in [0.4, 0.5) is 5.82 Å². The van der Waals surface area contributed by atoms with Crippen molar-refractivity contribution in [1.82, 2.24) is 15.3 Å². The van der Waals surface area contributed by atoms with Crippen LogP contribution in [0.25, 0.3) is 0 Å². The van der Waals surface area contributed by atoms with E-state index in [0.717, 1.165) is 55.0 Å². The Morgan fingerprint density at radius 2 is 1.75 bits per heavy atom. The smallest absolute Gasteiger partial charge is 0.224 e. The lowest BCUT2D eigenvalue weighted by molar-refractivity contribution is -0.125. The number of nitrogens with one attached hydrogen (secondary N) is 1. The van der Waals surface area contributed by atoms with Crippen molar-refractivity contribution < 1.29 is 9.53 Å². The van der Waals surface area contributed by atoms with Crippen molar-refractivity contribution in [3.8, 4) is 11.6 Å². The van der Waals surface area contributed by atoms with Crippen molar-refractivity contribution in [3.63, 3.8) is 0 Å². The summed E-state index contributed by atoms with van der Waals surface area (Å²) in [6.45, 7) is 6.35. The minimum absolute atomic E-state index is 0.0508. The van der Waals surface area contributed by atoms with Gasteiger partial charge in [0.05, 0.1) is 0 Å². The first-order valence-corrected chi connectivity index (χ1v) is 11.2. The van der Waals surface area contributed by atoms with Gasteiger partial charge in [0.2, 0.25) is 11.8 Å². The summed E-state index contributed by atoms with van der Waals surface area (Å²) in [5, 5.41) is 3.10. The van der Waals surface area contributed by atoms with E-state index in [4.69, 9.17) is 4.74 Å². The predicted octanol–water partition coefficient (Wildman–Crippen LogP) is 4.46. The van der Waals surface area contributed by atoms with E-state index in [1.165, 1.54) is 11.9 Å². The molecule has 4 rings (SSSR count). The van der Waals surface area contributed by atoms with Crippen LogP contribution < -0.4 is 15.0 Å². The zero-order chi connectivity index (χ0) is 22.3. The molecule has 0 bridgehead atoms. The average Bonchev–Trinajstić information content (AvgIpc) is 2.79. The second-order valence-corrected chi connectivity index (χ2v) is 8.43. The average molecular weight is 431 g/mol. The van der Waals surface area contributed by atoms with Crippen molar-refractivity contribution in [2.45, 2.75) is 33.1 Å². The Morgan fingerprint density at radius 1 is 1.03 bits per heavy atom. The lowest BCUT2D eigenvalue weighted by Gasteiger charge is -2.32. The molecule has 166 valence electrons. The first-order chi connectivity index (χ1) is 15.6. The van der Waals surface area contributed by atoms with E-state index in [2.05, 4.69) is 38.4 Å². The number of aryl methyl sites for hydroxylation is 2. The fraction of sp³-hybridized carbons (Fsp3) is 0.346. The maximum absolute atomic E-state index is 12.6. The normalized spacial score (nSPS) is 14.2. The van der Waals surface area contributed by atoms with E-state index in [1.54, 1.807) is 0 Å². The molecule has 32 heavy (non-hydrogen) atoms. The number of ether oxygens (including phenoxy) is 1. The van der Waals surface area contributed by atoms with Crippen molar-refractivity contribution in [2.24, 2.45) is 5.92 Å². The van der Waals surface area contributed by atoms with E-state index >= 15 is 0 Å². The Labute approximate surface area is 189 Å². The lowest BCUT2D eigenvalue weighted by Crippen LogP contribution is -2.41. The van der Waals surface area contributed by atoms with Gasteiger partial charge in [0.1, 0.15) is 17.9 Å². The van der Waals surface area contributed by atoms with Crippen LogP contribution in [0.2, 0.25) is 0 Å². The second-order valence-electron chi connectivity index (χ2n) is 8.43. The SMILES string of the molecule is Cc1cc(C)cc(Oc2cc(N3CCC(C(=O)NCCc4ccccc4)CC3)ncn2)c1. The largest absolute Gasteiger partial charge is 0.439 e. The summed E-state index contributed by atoms with van der Waals surface area (Å²) in [5.74, 6) is 2.35. The van der Waals surface area contributed by atoms with E-state index < -0.39 is 0 Å². The quantitative estimate of drug-likeness (QED) is 0.599. The molecule has 0 atom stereocenters. The van der Waals surface area contributed by atoms with Gasteiger partial charge in [0.25, 0.3) is 0 Å². The summed E-state index contributed by atoms with van der Waals surface area (Å²) in [6.07, 6.45) is 4.02. The van der Waals surface area contributed by atoms with Crippen molar-refractivity contribution in [1.29, 1.82) is 0 Å². The molecule has 1 N–H and O–H groups in total. The van der Waals surface area contributed by atoms with Gasteiger partial charge in [-0.3, -0.25) is 4.79 Å². The van der Waals surface area contributed by atoms with Crippen LogP contribution in [0, 0.1) is 19.8 Å². The summed E-state index contributed by atoms with van der Waals surface area (Å²) < 4.78 is 5.97. The van der Waals surface area contributed by atoms with Gasteiger partial charge in [0.15, 0.2) is 0 Å². The molecule has 1 aliphatic heterocycles. The van der Waals surface area contributed by atoms with E-state index in [1.807, 2.05) is 50.2 Å². The third kappa shape index (κ3) is 5.84. The molecule has 2 heterocycles. The molecule has 0 unspecified atom stereocenters. The molecule has 3 aromatic rings. The maximum atomic E-state index is 12.6. The molecule has 1 amide bonds. The Morgan fingerprint density at radius 3 is 2.47 bits per heavy atom. The highest BCUT2D eigenvalue weighted by atomic mass is 16.5. The number of rotatable bonds is 7. The molecule has 0 aliphatic carbocycles. The standard InChI is InChI=1S/C26H30N4O2/c1-19-14-20(2)16-23(15-19)32-25-17-24(28-18-29-25)30-12-9-22(10-13-30)26(31)27-11-8-21-6-4-3-5-7-21/h3-7,14-18,22H,8-13H2,1-2H3,(H,27,31). The molecule has 1 aliphatic rings. The third-order valence-electron chi connectivity index (χ3n) is 5.79. The number of aromatic nitrogens is 2. The van der Waals surface area contributed by atoms with Crippen LogP contribution in [-0.2, 0) is 11.2 Å². The Hall–Kier alpha value is -3.41. The van der Waals surface area contributed by atoms with Crippen molar-refractivity contribution in [2.75, 3.05) is 24.5 Å². The number of nitrogens with zero attached hydrogens (tertiary/aromatic N) is 3. The topological polar surface area (TPSA) is 67.3 Å². The number of amides is 1. The molecular formula is C26H30N4O2. The van der Waals surface area contributed by atoms with Crippen LogP contribution in [0.3, 0.4) is 0 Å². The Kier molecular flexibility index (Phi) is 7.00. The Balaban J connectivity index is 1.28. The van der Waals surface area contributed by atoms with Gasteiger partial charge in [-0.25, -0.2) is 9.97 Å². The lowest BCUT2D eigenvalue weighted by atomic mass is 9.96. The van der Waals surface area contributed by atoms with Crippen LogP contribution >= 0.6 is 0 Å². The molecule has 2 aromatic carbocycles. The molecule has 1 saturated heterocycles. The van der Waals surface area contributed by atoms with Gasteiger partial charge in [-0.15, -0.1) is 0 Å². The molecule has 1 fully saturated rings. The molecule has 0 saturated carbocycles. The molecule has 1 aromatic heterocycles. The van der Waals surface area contributed by atoms with Gasteiger partial charge in [-0.2, -0.15) is 0 Å². The highest BCUT2D eigenvalue weighted by molar-refractivity contribution is 5.79. The number of piperidine rings is 1. The summed E-state index contributed by atoms with van der Waals surface area (Å²) in [4.78, 5) is 23.5. The predicted molar refractivity (Wildman–Crippen MR) is 126 cm³/mol. The van der Waals surface area contributed by atoms with E-state index in [0.29, 0.717) is 12.4 Å². The Bertz CT molecular complexity index is 1030. The number of carbonyl (C=O) groups is 1. The highest BCUT2D eigenvalue weighted by Crippen LogP contribution is 2.27. The minimum atomic E-state index is 0.0508. The van der Waals surface area contributed by atoms with Gasteiger partial charge >= 0.3 is 0 Å². The summed E-state index contributed by atoms with van der Waals surface area (Å²) in [6, 6.07) is 18.2. The molecule has 0 radical (unpaired) electrons.